The highest BCUT2D eigenvalue weighted by Crippen LogP contribution is 2.33. The molecular weight excluding hydrogens is 308 g/mol. The molecule has 2 heterocycles. The molecule has 1 aromatic heterocycles. The Morgan fingerprint density at radius 3 is 2.74 bits per heavy atom. The fourth-order valence-electron chi connectivity index (χ4n) is 2.31. The molecule has 0 saturated carbocycles. The van der Waals surface area contributed by atoms with Crippen LogP contribution in [0.3, 0.4) is 0 Å². The van der Waals surface area contributed by atoms with Gasteiger partial charge in [-0.15, -0.1) is 0 Å². The number of nitrogens with zero attached hydrogens (tertiary/aromatic N) is 2. The van der Waals surface area contributed by atoms with Crippen molar-refractivity contribution in [3.05, 3.63) is 22.8 Å². The van der Waals surface area contributed by atoms with Gasteiger partial charge in [0, 0.05) is 13.1 Å². The zero-order valence-electron chi connectivity index (χ0n) is 11.4. The standard InChI is InChI=1S/C14H19BrN2O2/c1-3-19-13(18)14(2)7-9-17(10-8-14)12-6-4-5-11(15)16-12/h4-6H,3,7-10H2,1-2H3. The minimum absolute atomic E-state index is 0.0724. The smallest absolute Gasteiger partial charge is 0.311 e. The van der Waals surface area contributed by atoms with Gasteiger partial charge in [0.1, 0.15) is 10.4 Å². The van der Waals surface area contributed by atoms with Crippen molar-refractivity contribution in [2.75, 3.05) is 24.6 Å². The van der Waals surface area contributed by atoms with E-state index in [1.165, 1.54) is 0 Å². The highest BCUT2D eigenvalue weighted by atomic mass is 79.9. The maximum atomic E-state index is 12.0. The van der Waals surface area contributed by atoms with Gasteiger partial charge in [0.25, 0.3) is 0 Å². The summed E-state index contributed by atoms with van der Waals surface area (Å²) in [7, 11) is 0. The lowest BCUT2D eigenvalue weighted by atomic mass is 9.80. The topological polar surface area (TPSA) is 42.4 Å². The Morgan fingerprint density at radius 2 is 2.16 bits per heavy atom. The molecule has 0 atom stereocenters. The van der Waals surface area contributed by atoms with Gasteiger partial charge in [0.05, 0.1) is 12.0 Å². The molecule has 0 amide bonds. The Kier molecular flexibility index (Phi) is 4.45. The van der Waals surface area contributed by atoms with Crippen LogP contribution in [0.5, 0.6) is 0 Å². The van der Waals surface area contributed by atoms with Gasteiger partial charge in [-0.3, -0.25) is 4.79 Å². The van der Waals surface area contributed by atoms with Gasteiger partial charge in [-0.1, -0.05) is 6.07 Å². The van der Waals surface area contributed by atoms with Crippen LogP contribution in [-0.4, -0.2) is 30.6 Å². The van der Waals surface area contributed by atoms with Gasteiger partial charge in [-0.05, 0) is 54.8 Å². The highest BCUT2D eigenvalue weighted by molar-refractivity contribution is 9.10. The molecular formula is C14H19BrN2O2. The van der Waals surface area contributed by atoms with Crippen LogP contribution >= 0.6 is 15.9 Å². The molecule has 0 aromatic carbocycles. The number of carbonyl (C=O) groups excluding carboxylic acids is 1. The van der Waals surface area contributed by atoms with Crippen molar-refractivity contribution >= 4 is 27.7 Å². The number of piperidine rings is 1. The van der Waals surface area contributed by atoms with E-state index in [1.54, 1.807) is 0 Å². The second-order valence-electron chi connectivity index (χ2n) is 5.09. The molecule has 19 heavy (non-hydrogen) atoms. The number of aromatic nitrogens is 1. The third kappa shape index (κ3) is 3.26. The largest absolute Gasteiger partial charge is 0.466 e. The first-order valence-electron chi connectivity index (χ1n) is 6.60. The summed E-state index contributed by atoms with van der Waals surface area (Å²) in [6, 6.07) is 5.89. The van der Waals surface area contributed by atoms with E-state index in [9.17, 15) is 4.79 Å². The Balaban J connectivity index is 2.01. The second-order valence-corrected chi connectivity index (χ2v) is 5.90. The summed E-state index contributed by atoms with van der Waals surface area (Å²) in [6.45, 7) is 5.96. The zero-order chi connectivity index (χ0) is 13.9. The van der Waals surface area contributed by atoms with Gasteiger partial charge in [0.15, 0.2) is 0 Å². The maximum absolute atomic E-state index is 12.0. The third-order valence-corrected chi connectivity index (χ3v) is 4.10. The summed E-state index contributed by atoms with van der Waals surface area (Å²) in [5.74, 6) is 0.886. The number of hydrogen-bond acceptors (Lipinski definition) is 4. The lowest BCUT2D eigenvalue weighted by molar-refractivity contribution is -0.155. The van der Waals surface area contributed by atoms with Crippen molar-refractivity contribution in [1.29, 1.82) is 0 Å². The number of hydrogen-bond donors (Lipinski definition) is 0. The van der Waals surface area contributed by atoms with E-state index in [2.05, 4.69) is 25.8 Å². The molecule has 5 heteroatoms. The number of carbonyl (C=O) groups is 1. The predicted molar refractivity (Wildman–Crippen MR) is 78.1 cm³/mol. The SMILES string of the molecule is CCOC(=O)C1(C)CCN(c2cccc(Br)n2)CC1. The lowest BCUT2D eigenvalue weighted by Crippen LogP contribution is -2.43. The van der Waals surface area contributed by atoms with Crippen LogP contribution in [0.1, 0.15) is 26.7 Å². The highest BCUT2D eigenvalue weighted by Gasteiger charge is 2.38. The van der Waals surface area contributed by atoms with E-state index in [4.69, 9.17) is 4.74 Å². The lowest BCUT2D eigenvalue weighted by Gasteiger charge is -2.38. The first-order valence-corrected chi connectivity index (χ1v) is 7.39. The molecule has 1 aromatic rings. The number of ether oxygens (including phenoxy) is 1. The molecule has 1 aliphatic heterocycles. The molecule has 1 saturated heterocycles. The van der Waals surface area contributed by atoms with Gasteiger partial charge >= 0.3 is 5.97 Å². The van der Waals surface area contributed by atoms with E-state index in [0.717, 1.165) is 36.4 Å². The Labute approximate surface area is 122 Å². The third-order valence-electron chi connectivity index (χ3n) is 3.66. The summed E-state index contributed by atoms with van der Waals surface area (Å²) in [5.41, 5.74) is -0.349. The molecule has 0 unspecified atom stereocenters. The Bertz CT molecular complexity index is 457. The number of anilines is 1. The normalized spacial score (nSPS) is 18.2. The number of esters is 1. The summed E-state index contributed by atoms with van der Waals surface area (Å²) >= 11 is 3.38. The number of pyridine rings is 1. The minimum atomic E-state index is -0.349. The summed E-state index contributed by atoms with van der Waals surface area (Å²) in [5, 5.41) is 0. The quantitative estimate of drug-likeness (QED) is 0.632. The Hall–Kier alpha value is -1.10. The Morgan fingerprint density at radius 1 is 1.47 bits per heavy atom. The van der Waals surface area contributed by atoms with Gasteiger partial charge in [0.2, 0.25) is 0 Å². The predicted octanol–water partition coefficient (Wildman–Crippen LogP) is 3.01. The van der Waals surface area contributed by atoms with Crippen molar-refractivity contribution in [2.45, 2.75) is 26.7 Å². The number of rotatable bonds is 3. The van der Waals surface area contributed by atoms with Crippen LogP contribution in [0.2, 0.25) is 0 Å². The van der Waals surface area contributed by atoms with Crippen molar-refractivity contribution in [3.63, 3.8) is 0 Å². The van der Waals surface area contributed by atoms with Crippen LogP contribution < -0.4 is 4.90 Å². The summed E-state index contributed by atoms with van der Waals surface area (Å²) in [4.78, 5) is 18.6. The molecule has 0 aliphatic carbocycles. The molecule has 1 fully saturated rings. The van der Waals surface area contributed by atoms with E-state index in [0.29, 0.717) is 6.61 Å². The average Bonchev–Trinajstić information content (AvgIpc) is 2.40. The fraction of sp³-hybridized carbons (Fsp3) is 0.571. The van der Waals surface area contributed by atoms with Crippen molar-refractivity contribution in [2.24, 2.45) is 5.41 Å². The van der Waals surface area contributed by atoms with E-state index < -0.39 is 0 Å². The van der Waals surface area contributed by atoms with Crippen LogP contribution in [0, 0.1) is 5.41 Å². The molecule has 0 N–H and O–H groups in total. The molecule has 4 nitrogen and oxygen atoms in total. The minimum Gasteiger partial charge on any atom is -0.466 e. The van der Waals surface area contributed by atoms with E-state index in [1.807, 2.05) is 32.0 Å². The van der Waals surface area contributed by atoms with Crippen molar-refractivity contribution in [1.82, 2.24) is 4.98 Å². The fourth-order valence-corrected chi connectivity index (χ4v) is 2.65. The monoisotopic (exact) mass is 326 g/mol. The van der Waals surface area contributed by atoms with Crippen LogP contribution in [0.15, 0.2) is 22.8 Å². The molecule has 0 bridgehead atoms. The van der Waals surface area contributed by atoms with E-state index >= 15 is 0 Å². The molecule has 104 valence electrons. The van der Waals surface area contributed by atoms with Gasteiger partial charge < -0.3 is 9.64 Å². The average molecular weight is 327 g/mol. The molecule has 1 aliphatic rings. The van der Waals surface area contributed by atoms with Crippen molar-refractivity contribution in [3.8, 4) is 0 Å². The first-order chi connectivity index (χ1) is 9.05. The van der Waals surface area contributed by atoms with Crippen LogP contribution in [-0.2, 0) is 9.53 Å². The molecule has 0 spiro atoms. The van der Waals surface area contributed by atoms with Gasteiger partial charge in [-0.2, -0.15) is 0 Å². The van der Waals surface area contributed by atoms with Crippen LogP contribution in [0.4, 0.5) is 5.82 Å². The van der Waals surface area contributed by atoms with E-state index in [-0.39, 0.29) is 11.4 Å². The molecule has 0 radical (unpaired) electrons. The van der Waals surface area contributed by atoms with Crippen molar-refractivity contribution < 1.29 is 9.53 Å². The van der Waals surface area contributed by atoms with Crippen LogP contribution in [0.25, 0.3) is 0 Å². The number of halogens is 1. The molecule has 2 rings (SSSR count). The summed E-state index contributed by atoms with van der Waals surface area (Å²) in [6.07, 6.45) is 1.61. The first kappa shape index (κ1) is 14.3. The zero-order valence-corrected chi connectivity index (χ0v) is 12.9. The second kappa shape index (κ2) is 5.90. The van der Waals surface area contributed by atoms with Gasteiger partial charge in [-0.25, -0.2) is 4.98 Å². The maximum Gasteiger partial charge on any atom is 0.311 e. The summed E-state index contributed by atoms with van der Waals surface area (Å²) < 4.78 is 6.00.